The SMILES string of the molecule is CC(C)COC1CCN(C(=O)OCC2c3ccccc3-c3ccccc32)[C@@H]1C(=O)O. The molecule has 2 aliphatic rings. The van der Waals surface area contributed by atoms with Crippen molar-refractivity contribution >= 4 is 12.1 Å². The topological polar surface area (TPSA) is 76.1 Å². The third-order valence-electron chi connectivity index (χ3n) is 5.81. The summed E-state index contributed by atoms with van der Waals surface area (Å²) in [5.74, 6) is -0.821. The molecule has 1 aliphatic carbocycles. The van der Waals surface area contributed by atoms with Gasteiger partial charge in [0.15, 0.2) is 6.04 Å². The normalized spacial score (nSPS) is 20.3. The van der Waals surface area contributed by atoms with Crippen LogP contribution in [0.3, 0.4) is 0 Å². The zero-order valence-corrected chi connectivity index (χ0v) is 17.3. The second-order valence-corrected chi connectivity index (χ2v) is 8.33. The van der Waals surface area contributed by atoms with E-state index < -0.39 is 24.2 Å². The van der Waals surface area contributed by atoms with Gasteiger partial charge in [-0.05, 0) is 34.6 Å². The molecule has 0 saturated carbocycles. The molecule has 4 rings (SSSR count). The van der Waals surface area contributed by atoms with Crippen LogP contribution in [0.5, 0.6) is 0 Å². The van der Waals surface area contributed by atoms with Crippen molar-refractivity contribution in [1.29, 1.82) is 0 Å². The number of aliphatic carboxylic acids is 1. The van der Waals surface area contributed by atoms with Crippen LogP contribution in [0.1, 0.15) is 37.3 Å². The van der Waals surface area contributed by atoms with E-state index in [1.165, 1.54) is 4.90 Å². The lowest BCUT2D eigenvalue weighted by Gasteiger charge is -2.25. The molecule has 158 valence electrons. The third-order valence-corrected chi connectivity index (χ3v) is 5.81. The minimum Gasteiger partial charge on any atom is -0.480 e. The highest BCUT2D eigenvalue weighted by atomic mass is 16.6. The number of ether oxygens (including phenoxy) is 2. The number of likely N-dealkylation sites (tertiary alicyclic amines) is 1. The van der Waals surface area contributed by atoms with Crippen LogP contribution in [0, 0.1) is 5.92 Å². The van der Waals surface area contributed by atoms with Crippen molar-refractivity contribution in [1.82, 2.24) is 4.90 Å². The Morgan fingerprint density at radius 3 is 2.23 bits per heavy atom. The highest BCUT2D eigenvalue weighted by Crippen LogP contribution is 2.44. The van der Waals surface area contributed by atoms with Crippen LogP contribution in [-0.4, -0.2) is 54.0 Å². The molecule has 1 aliphatic heterocycles. The zero-order chi connectivity index (χ0) is 21.3. The lowest BCUT2D eigenvalue weighted by atomic mass is 9.98. The summed E-state index contributed by atoms with van der Waals surface area (Å²) in [6.45, 7) is 4.97. The number of nitrogens with zero attached hydrogens (tertiary/aromatic N) is 1. The van der Waals surface area contributed by atoms with Crippen LogP contribution in [0.25, 0.3) is 11.1 Å². The fraction of sp³-hybridized carbons (Fsp3) is 0.417. The maximum absolute atomic E-state index is 12.8. The number of fused-ring (bicyclic) bond motifs is 3. The first-order valence-corrected chi connectivity index (χ1v) is 10.4. The Hall–Kier alpha value is -2.86. The fourth-order valence-corrected chi connectivity index (χ4v) is 4.43. The molecular formula is C24H27NO5. The molecule has 30 heavy (non-hydrogen) atoms. The van der Waals surface area contributed by atoms with E-state index in [4.69, 9.17) is 9.47 Å². The first kappa shape index (κ1) is 20.4. The number of amides is 1. The number of hydrogen-bond acceptors (Lipinski definition) is 4. The maximum Gasteiger partial charge on any atom is 0.410 e. The quantitative estimate of drug-likeness (QED) is 0.776. The van der Waals surface area contributed by atoms with Gasteiger partial charge >= 0.3 is 12.1 Å². The van der Waals surface area contributed by atoms with Crippen LogP contribution in [-0.2, 0) is 14.3 Å². The fourth-order valence-electron chi connectivity index (χ4n) is 4.43. The molecule has 2 aromatic rings. The van der Waals surface area contributed by atoms with Gasteiger partial charge in [0.1, 0.15) is 6.61 Å². The summed E-state index contributed by atoms with van der Waals surface area (Å²) in [5, 5.41) is 9.68. The molecule has 1 amide bonds. The Labute approximate surface area is 176 Å². The van der Waals surface area contributed by atoms with E-state index in [0.717, 1.165) is 22.3 Å². The predicted molar refractivity (Wildman–Crippen MR) is 112 cm³/mol. The Morgan fingerprint density at radius 1 is 1.07 bits per heavy atom. The average Bonchev–Trinajstić information content (AvgIpc) is 3.30. The van der Waals surface area contributed by atoms with Gasteiger partial charge in [-0.25, -0.2) is 9.59 Å². The summed E-state index contributed by atoms with van der Waals surface area (Å²) < 4.78 is 11.4. The Morgan fingerprint density at radius 2 is 1.67 bits per heavy atom. The second-order valence-electron chi connectivity index (χ2n) is 8.33. The largest absolute Gasteiger partial charge is 0.480 e. The lowest BCUT2D eigenvalue weighted by molar-refractivity contribution is -0.146. The molecule has 0 spiro atoms. The van der Waals surface area contributed by atoms with Crippen molar-refractivity contribution in [2.24, 2.45) is 5.92 Å². The van der Waals surface area contributed by atoms with Crippen LogP contribution in [0.15, 0.2) is 48.5 Å². The molecule has 1 heterocycles. The minimum atomic E-state index is -1.06. The number of carbonyl (C=O) groups is 2. The summed E-state index contributed by atoms with van der Waals surface area (Å²) in [5.41, 5.74) is 4.56. The van der Waals surface area contributed by atoms with Gasteiger partial charge in [0.2, 0.25) is 0 Å². The van der Waals surface area contributed by atoms with Crippen molar-refractivity contribution in [3.63, 3.8) is 0 Å². The molecule has 1 N–H and O–H groups in total. The van der Waals surface area contributed by atoms with E-state index in [1.54, 1.807) is 0 Å². The molecular weight excluding hydrogens is 382 g/mol. The van der Waals surface area contributed by atoms with Gasteiger partial charge in [-0.1, -0.05) is 62.4 Å². The summed E-state index contributed by atoms with van der Waals surface area (Å²) in [7, 11) is 0. The first-order chi connectivity index (χ1) is 14.5. The molecule has 6 heteroatoms. The predicted octanol–water partition coefficient (Wildman–Crippen LogP) is 4.14. The van der Waals surface area contributed by atoms with Gasteiger partial charge in [-0.3, -0.25) is 4.90 Å². The number of carbonyl (C=O) groups excluding carboxylic acids is 1. The number of rotatable bonds is 6. The summed E-state index contributed by atoms with van der Waals surface area (Å²) >= 11 is 0. The molecule has 2 aromatic carbocycles. The van der Waals surface area contributed by atoms with E-state index in [9.17, 15) is 14.7 Å². The Kier molecular flexibility index (Phi) is 5.77. The molecule has 0 radical (unpaired) electrons. The van der Waals surface area contributed by atoms with E-state index in [1.807, 2.05) is 38.1 Å². The van der Waals surface area contributed by atoms with E-state index in [0.29, 0.717) is 25.5 Å². The monoisotopic (exact) mass is 409 g/mol. The van der Waals surface area contributed by atoms with Gasteiger partial charge in [0.05, 0.1) is 6.10 Å². The van der Waals surface area contributed by atoms with Crippen molar-refractivity contribution < 1.29 is 24.2 Å². The van der Waals surface area contributed by atoms with Crippen molar-refractivity contribution in [2.45, 2.75) is 38.3 Å². The summed E-state index contributed by atoms with van der Waals surface area (Å²) in [6.07, 6.45) is -0.612. The van der Waals surface area contributed by atoms with Crippen molar-refractivity contribution in [2.75, 3.05) is 19.8 Å². The van der Waals surface area contributed by atoms with E-state index in [2.05, 4.69) is 24.3 Å². The summed E-state index contributed by atoms with van der Waals surface area (Å²) in [4.78, 5) is 25.9. The first-order valence-electron chi connectivity index (χ1n) is 10.4. The van der Waals surface area contributed by atoms with Gasteiger partial charge in [0, 0.05) is 19.1 Å². The summed E-state index contributed by atoms with van der Waals surface area (Å²) in [6, 6.07) is 15.2. The number of carboxylic acids is 1. The molecule has 0 aromatic heterocycles. The minimum absolute atomic E-state index is 0.0554. The van der Waals surface area contributed by atoms with Crippen LogP contribution in [0.2, 0.25) is 0 Å². The molecule has 1 saturated heterocycles. The number of benzene rings is 2. The maximum atomic E-state index is 12.8. The zero-order valence-electron chi connectivity index (χ0n) is 17.3. The second kappa shape index (κ2) is 8.48. The Balaban J connectivity index is 1.46. The van der Waals surface area contributed by atoms with Gasteiger partial charge < -0.3 is 14.6 Å². The highest BCUT2D eigenvalue weighted by molar-refractivity contribution is 5.82. The molecule has 1 unspecified atom stereocenters. The standard InChI is InChI=1S/C24H27NO5/c1-15(2)13-29-21-11-12-25(22(21)23(26)27)24(28)30-14-20-18-9-5-3-7-16(18)17-8-4-6-10-19(17)20/h3-10,15,20-22H,11-14H2,1-2H3,(H,26,27)/t21?,22-/m0/s1. The smallest absolute Gasteiger partial charge is 0.410 e. The highest BCUT2D eigenvalue weighted by Gasteiger charge is 2.44. The van der Waals surface area contributed by atoms with Crippen LogP contribution < -0.4 is 0 Å². The molecule has 2 atom stereocenters. The van der Waals surface area contributed by atoms with E-state index in [-0.39, 0.29) is 12.5 Å². The molecule has 6 nitrogen and oxygen atoms in total. The van der Waals surface area contributed by atoms with Gasteiger partial charge in [-0.15, -0.1) is 0 Å². The van der Waals surface area contributed by atoms with Crippen molar-refractivity contribution in [3.8, 4) is 11.1 Å². The lowest BCUT2D eigenvalue weighted by Crippen LogP contribution is -2.46. The van der Waals surface area contributed by atoms with Gasteiger partial charge in [-0.2, -0.15) is 0 Å². The Bertz CT molecular complexity index is 895. The van der Waals surface area contributed by atoms with Crippen molar-refractivity contribution in [3.05, 3.63) is 59.7 Å². The average molecular weight is 409 g/mol. The van der Waals surface area contributed by atoms with Crippen LogP contribution in [0.4, 0.5) is 4.79 Å². The number of hydrogen-bond donors (Lipinski definition) is 1. The molecule has 0 bridgehead atoms. The third kappa shape index (κ3) is 3.79. The molecule has 1 fully saturated rings. The number of carboxylic acid groups (broad SMARTS) is 1. The van der Waals surface area contributed by atoms with Gasteiger partial charge in [0.25, 0.3) is 0 Å². The van der Waals surface area contributed by atoms with E-state index >= 15 is 0 Å². The van der Waals surface area contributed by atoms with Crippen LogP contribution >= 0.6 is 0 Å².